The maximum atomic E-state index is 11.2. The molecule has 0 amide bonds. The van der Waals surface area contributed by atoms with Crippen molar-refractivity contribution in [1.82, 2.24) is 9.78 Å². The van der Waals surface area contributed by atoms with Gasteiger partial charge in [0, 0.05) is 0 Å². The Bertz CT molecular complexity index is 437. The molecule has 2 heterocycles. The zero-order chi connectivity index (χ0) is 8.72. The lowest BCUT2D eigenvalue weighted by Crippen LogP contribution is -2.26. The largest absolute Gasteiger partial charge is 0.710 e. The van der Waals surface area contributed by atoms with Gasteiger partial charge in [-0.2, -0.15) is 4.68 Å². The van der Waals surface area contributed by atoms with Gasteiger partial charge >= 0.3 is 5.65 Å². The summed E-state index contributed by atoms with van der Waals surface area (Å²) in [6.45, 7) is 0. The summed E-state index contributed by atoms with van der Waals surface area (Å²) in [5.41, 5.74) is 0.445. The van der Waals surface area contributed by atoms with Crippen molar-refractivity contribution in [3.63, 3.8) is 0 Å². The van der Waals surface area contributed by atoms with Gasteiger partial charge in [-0.3, -0.25) is 0 Å². The summed E-state index contributed by atoms with van der Waals surface area (Å²) in [6, 6.07) is 1.86. The minimum absolute atomic E-state index is 0.445. The van der Waals surface area contributed by atoms with E-state index < -0.39 is 0 Å². The number of rotatable bonds is 0. The van der Waals surface area contributed by atoms with Crippen LogP contribution in [0.4, 0.5) is 0 Å². The third-order valence-corrected chi connectivity index (χ3v) is 2.01. The Hall–Kier alpha value is -1.10. The molecule has 4 nitrogen and oxygen atoms in total. The van der Waals surface area contributed by atoms with Crippen molar-refractivity contribution in [2.45, 2.75) is 0 Å². The van der Waals surface area contributed by atoms with Gasteiger partial charge in [-0.1, -0.05) is 0 Å². The highest BCUT2D eigenvalue weighted by molar-refractivity contribution is 9.10. The summed E-state index contributed by atoms with van der Waals surface area (Å²) in [4.78, 5) is 0. The predicted octanol–water partition coefficient (Wildman–Crippen LogP) is 0.969. The topological polar surface area (TPSA) is 44.8 Å². The zero-order valence-electron chi connectivity index (χ0n) is 6.36. The molecule has 0 saturated carbocycles. The molecule has 0 aliphatic rings. The van der Waals surface area contributed by atoms with Gasteiger partial charge in [-0.15, -0.1) is 0 Å². The Morgan fingerprint density at radius 1 is 1.67 bits per heavy atom. The van der Waals surface area contributed by atoms with Crippen LogP contribution in [0.3, 0.4) is 0 Å². The summed E-state index contributed by atoms with van der Waals surface area (Å²) in [5.74, 6) is 0. The predicted molar refractivity (Wildman–Crippen MR) is 47.4 cm³/mol. The monoisotopic (exact) mass is 227 g/mol. The summed E-state index contributed by atoms with van der Waals surface area (Å²) in [5, 5.41) is 16.1. The summed E-state index contributed by atoms with van der Waals surface area (Å²) in [6.07, 6.45) is 3.24. The molecule has 0 aromatic carbocycles. The molecule has 0 aliphatic carbocycles. The van der Waals surface area contributed by atoms with Crippen molar-refractivity contribution in [3.05, 3.63) is 28.1 Å². The van der Waals surface area contributed by atoms with Gasteiger partial charge in [-0.25, -0.2) is 4.73 Å². The van der Waals surface area contributed by atoms with Crippen molar-refractivity contribution < 1.29 is 4.73 Å². The quantitative estimate of drug-likeness (QED) is 0.498. The lowest BCUT2D eigenvalue weighted by molar-refractivity contribution is -0.579. The number of aromatic nitrogens is 3. The molecule has 0 atom stereocenters. The lowest BCUT2D eigenvalue weighted by atomic mass is 10.4. The first-order valence-corrected chi connectivity index (χ1v) is 4.18. The number of hydrogen-bond acceptors (Lipinski definition) is 2. The van der Waals surface area contributed by atoms with Gasteiger partial charge in [0.05, 0.1) is 28.2 Å². The minimum atomic E-state index is 0.445. The maximum absolute atomic E-state index is 11.2. The van der Waals surface area contributed by atoms with Crippen LogP contribution in [0, 0.1) is 5.21 Å². The fourth-order valence-electron chi connectivity index (χ4n) is 1.13. The van der Waals surface area contributed by atoms with Crippen LogP contribution in [-0.2, 0) is 7.05 Å². The number of pyridine rings is 1. The third kappa shape index (κ3) is 1.06. The number of nitrogens with zero attached hydrogens (tertiary/aromatic N) is 3. The first kappa shape index (κ1) is 7.54. The molecule has 2 rings (SSSR count). The average molecular weight is 228 g/mol. The molecule has 0 radical (unpaired) electrons. The van der Waals surface area contributed by atoms with Crippen LogP contribution in [-0.4, -0.2) is 9.78 Å². The summed E-state index contributed by atoms with van der Waals surface area (Å²) in [7, 11) is 1.79. The van der Waals surface area contributed by atoms with E-state index in [2.05, 4.69) is 21.0 Å². The van der Waals surface area contributed by atoms with Crippen LogP contribution in [0.5, 0.6) is 0 Å². The maximum Gasteiger partial charge on any atom is 0.360 e. The molecule has 62 valence electrons. The first-order valence-electron chi connectivity index (χ1n) is 3.39. The van der Waals surface area contributed by atoms with Crippen molar-refractivity contribution in [3.8, 4) is 0 Å². The second-order valence-electron chi connectivity index (χ2n) is 2.57. The van der Waals surface area contributed by atoms with Crippen LogP contribution in [0.15, 0.2) is 22.9 Å². The highest BCUT2D eigenvalue weighted by Gasteiger charge is 2.09. The molecule has 0 bridgehead atoms. The van der Waals surface area contributed by atoms with Crippen molar-refractivity contribution in [2.75, 3.05) is 0 Å². The molecule has 0 spiro atoms. The Balaban J connectivity index is 2.88. The van der Waals surface area contributed by atoms with E-state index in [9.17, 15) is 5.21 Å². The van der Waals surface area contributed by atoms with Gasteiger partial charge in [0.25, 0.3) is 0 Å². The van der Waals surface area contributed by atoms with Crippen LogP contribution >= 0.6 is 15.9 Å². The van der Waals surface area contributed by atoms with Crippen molar-refractivity contribution in [1.29, 1.82) is 0 Å². The van der Waals surface area contributed by atoms with Crippen LogP contribution in [0.25, 0.3) is 11.0 Å². The SMILES string of the molecule is Cn1cc2cc(Br)c[n+]([O-])c2n1. The van der Waals surface area contributed by atoms with Gasteiger partial charge in [0.2, 0.25) is 0 Å². The molecule has 0 unspecified atom stereocenters. The third-order valence-electron chi connectivity index (χ3n) is 1.58. The molecule has 12 heavy (non-hydrogen) atoms. The van der Waals surface area contributed by atoms with Gasteiger partial charge in [-0.05, 0) is 22.0 Å². The van der Waals surface area contributed by atoms with Gasteiger partial charge in [0.15, 0.2) is 0 Å². The minimum Gasteiger partial charge on any atom is -0.710 e. The molecule has 2 aromatic rings. The van der Waals surface area contributed by atoms with E-state index in [4.69, 9.17) is 0 Å². The van der Waals surface area contributed by atoms with E-state index in [0.717, 1.165) is 14.6 Å². The molecule has 5 heteroatoms. The highest BCUT2D eigenvalue weighted by Crippen LogP contribution is 2.13. The second-order valence-corrected chi connectivity index (χ2v) is 3.48. The molecule has 0 saturated heterocycles. The highest BCUT2D eigenvalue weighted by atomic mass is 79.9. The second kappa shape index (κ2) is 2.45. The van der Waals surface area contributed by atoms with Crippen LogP contribution in [0.1, 0.15) is 0 Å². The number of fused-ring (bicyclic) bond motifs is 1. The number of hydrogen-bond donors (Lipinski definition) is 0. The van der Waals surface area contributed by atoms with Crippen molar-refractivity contribution in [2.24, 2.45) is 7.05 Å². The lowest BCUT2D eigenvalue weighted by Gasteiger charge is -1.99. The fraction of sp³-hybridized carbons (Fsp3) is 0.143. The van der Waals surface area contributed by atoms with E-state index in [1.54, 1.807) is 17.9 Å². The zero-order valence-corrected chi connectivity index (χ0v) is 7.95. The summed E-state index contributed by atoms with van der Waals surface area (Å²) >= 11 is 3.23. The Labute approximate surface area is 77.1 Å². The number of halogens is 1. The summed E-state index contributed by atoms with van der Waals surface area (Å²) < 4.78 is 3.13. The fourth-order valence-corrected chi connectivity index (χ4v) is 1.56. The molecule has 2 aromatic heterocycles. The van der Waals surface area contributed by atoms with E-state index in [0.29, 0.717) is 5.65 Å². The van der Waals surface area contributed by atoms with Crippen LogP contribution in [0.2, 0.25) is 0 Å². The number of aryl methyl sites for hydroxylation is 1. The molecular weight excluding hydrogens is 222 g/mol. The molecule has 0 N–H and O–H groups in total. The van der Waals surface area contributed by atoms with Crippen molar-refractivity contribution >= 4 is 27.0 Å². The Kier molecular flexibility index (Phi) is 1.54. The van der Waals surface area contributed by atoms with E-state index in [1.165, 1.54) is 6.20 Å². The van der Waals surface area contributed by atoms with Gasteiger partial charge in [0.1, 0.15) is 6.20 Å². The Morgan fingerprint density at radius 2 is 2.42 bits per heavy atom. The van der Waals surface area contributed by atoms with E-state index in [1.807, 2.05) is 6.07 Å². The first-order chi connectivity index (χ1) is 5.66. The van der Waals surface area contributed by atoms with Gasteiger partial charge < -0.3 is 5.21 Å². The van der Waals surface area contributed by atoms with E-state index >= 15 is 0 Å². The van der Waals surface area contributed by atoms with E-state index in [-0.39, 0.29) is 0 Å². The molecule has 0 fully saturated rings. The standard InChI is InChI=1S/C7H6BrN3O/c1-10-3-5-2-6(8)4-11(12)7(5)9-10/h2-4H,1H3. The Morgan fingerprint density at radius 3 is 3.17 bits per heavy atom. The molecular formula is C7H6BrN3O. The normalized spacial score (nSPS) is 10.8. The molecule has 0 aliphatic heterocycles. The average Bonchev–Trinajstić information content (AvgIpc) is 2.29. The van der Waals surface area contributed by atoms with Crippen LogP contribution < -0.4 is 4.73 Å². The smallest absolute Gasteiger partial charge is 0.360 e.